The molecule has 6 heteroatoms. The second kappa shape index (κ2) is 9.06. The summed E-state index contributed by atoms with van der Waals surface area (Å²) in [4.78, 5) is 21.4. The fourth-order valence-corrected chi connectivity index (χ4v) is 4.25. The number of amides is 1. The molecule has 1 atom stereocenters. The molecule has 5 aromatic rings. The number of hydrogen-bond donors (Lipinski definition) is 3. The fraction of sp³-hybridized carbons (Fsp3) is 0.111. The van der Waals surface area contributed by atoms with Gasteiger partial charge in [-0.05, 0) is 42.3 Å². The van der Waals surface area contributed by atoms with Crippen LogP contribution in [0.3, 0.4) is 0 Å². The largest absolute Gasteiger partial charge is 0.394 e. The third-order valence-electron chi connectivity index (χ3n) is 5.80. The van der Waals surface area contributed by atoms with Crippen molar-refractivity contribution >= 4 is 39.3 Å². The predicted molar refractivity (Wildman–Crippen MR) is 133 cm³/mol. The van der Waals surface area contributed by atoms with E-state index in [0.717, 1.165) is 32.9 Å². The molecule has 0 bridgehead atoms. The molecule has 0 spiro atoms. The van der Waals surface area contributed by atoms with Gasteiger partial charge in [0.25, 0.3) is 5.91 Å². The number of aromatic nitrogens is 2. The number of fused-ring (bicyclic) bond motifs is 2. The van der Waals surface area contributed by atoms with Crippen molar-refractivity contribution in [1.29, 1.82) is 0 Å². The molecular weight excluding hydrogens is 434 g/mol. The highest BCUT2D eigenvalue weighted by atomic mass is 35.5. The van der Waals surface area contributed by atoms with Crippen molar-refractivity contribution in [3.8, 4) is 11.3 Å². The molecule has 5 rings (SSSR count). The third-order valence-corrected chi connectivity index (χ3v) is 6.05. The van der Waals surface area contributed by atoms with Gasteiger partial charge >= 0.3 is 0 Å². The smallest absolute Gasteiger partial charge is 0.252 e. The lowest BCUT2D eigenvalue weighted by atomic mass is 10.0. The van der Waals surface area contributed by atoms with E-state index in [0.29, 0.717) is 22.7 Å². The van der Waals surface area contributed by atoms with Crippen molar-refractivity contribution in [2.75, 3.05) is 6.61 Å². The zero-order valence-corrected chi connectivity index (χ0v) is 18.5. The molecule has 0 aliphatic carbocycles. The van der Waals surface area contributed by atoms with E-state index in [1.54, 1.807) is 18.2 Å². The van der Waals surface area contributed by atoms with Gasteiger partial charge in [-0.25, -0.2) is 4.98 Å². The van der Waals surface area contributed by atoms with E-state index < -0.39 is 6.04 Å². The average molecular weight is 456 g/mol. The van der Waals surface area contributed by atoms with Gasteiger partial charge in [-0.3, -0.25) is 4.79 Å². The van der Waals surface area contributed by atoms with Gasteiger partial charge in [0.05, 0.1) is 29.4 Å². The van der Waals surface area contributed by atoms with Crippen LogP contribution in [0.1, 0.15) is 15.9 Å². The van der Waals surface area contributed by atoms with Crippen LogP contribution in [0.15, 0.2) is 85.1 Å². The summed E-state index contributed by atoms with van der Waals surface area (Å²) in [5.41, 5.74) is 4.88. The maximum atomic E-state index is 13.4. The first-order valence-corrected chi connectivity index (χ1v) is 11.1. The molecule has 3 N–H and O–H groups in total. The Morgan fingerprint density at radius 2 is 1.73 bits per heavy atom. The molecule has 0 aliphatic rings. The highest BCUT2D eigenvalue weighted by molar-refractivity contribution is 6.30. The quantitative estimate of drug-likeness (QED) is 0.322. The molecule has 2 aromatic heterocycles. The van der Waals surface area contributed by atoms with E-state index in [-0.39, 0.29) is 12.5 Å². The summed E-state index contributed by atoms with van der Waals surface area (Å²) in [6.07, 6.45) is 2.44. The van der Waals surface area contributed by atoms with Crippen LogP contribution in [0, 0.1) is 0 Å². The predicted octanol–water partition coefficient (Wildman–Crippen LogP) is 5.37. The third kappa shape index (κ3) is 4.33. The Labute approximate surface area is 196 Å². The molecule has 1 amide bonds. The first kappa shape index (κ1) is 21.2. The molecule has 164 valence electrons. The van der Waals surface area contributed by atoms with Gasteiger partial charge in [-0.15, -0.1) is 0 Å². The number of carbonyl (C=O) groups is 1. The summed E-state index contributed by atoms with van der Waals surface area (Å²) in [7, 11) is 0. The second-order valence-electron chi connectivity index (χ2n) is 8.00. The Balaban J connectivity index is 1.47. The van der Waals surface area contributed by atoms with E-state index in [4.69, 9.17) is 16.6 Å². The Morgan fingerprint density at radius 3 is 2.52 bits per heavy atom. The van der Waals surface area contributed by atoms with Crippen molar-refractivity contribution in [2.45, 2.75) is 12.5 Å². The number of carbonyl (C=O) groups excluding carboxylic acids is 1. The molecule has 0 saturated carbocycles. The minimum atomic E-state index is -0.428. The normalized spacial score (nSPS) is 12.2. The number of pyridine rings is 1. The number of aliphatic hydroxyl groups excluding tert-OH is 1. The molecule has 2 heterocycles. The van der Waals surface area contributed by atoms with Gasteiger partial charge in [0.1, 0.15) is 0 Å². The lowest BCUT2D eigenvalue weighted by molar-refractivity contribution is 0.0918. The number of para-hydroxylation sites is 2. The van der Waals surface area contributed by atoms with Crippen molar-refractivity contribution in [3.05, 3.63) is 101 Å². The molecule has 0 unspecified atom stereocenters. The average Bonchev–Trinajstić information content (AvgIpc) is 3.26. The van der Waals surface area contributed by atoms with Crippen LogP contribution in [0.25, 0.3) is 33.1 Å². The summed E-state index contributed by atoms with van der Waals surface area (Å²) >= 11 is 6.03. The van der Waals surface area contributed by atoms with E-state index in [9.17, 15) is 9.90 Å². The van der Waals surface area contributed by atoms with Gasteiger partial charge < -0.3 is 15.4 Å². The Morgan fingerprint density at radius 1 is 1.00 bits per heavy atom. The maximum absolute atomic E-state index is 13.4. The minimum Gasteiger partial charge on any atom is -0.394 e. The molecule has 0 saturated heterocycles. The standard InChI is InChI=1S/C27H22ClN3O2/c28-19-11-9-17(10-12-19)26-14-23(22-6-2-4-8-25(22)31-26)27(33)30-20(16-32)13-18-15-29-24-7-3-1-5-21(18)24/h1-12,14-15,20,29,32H,13,16H2,(H,30,33)/t20-/m1/s1. The maximum Gasteiger partial charge on any atom is 0.252 e. The summed E-state index contributed by atoms with van der Waals surface area (Å²) in [5.74, 6) is -0.247. The Hall–Kier alpha value is -3.67. The highest BCUT2D eigenvalue weighted by Crippen LogP contribution is 2.26. The summed E-state index contributed by atoms with van der Waals surface area (Å²) < 4.78 is 0. The SMILES string of the molecule is O=C(N[C@@H](CO)Cc1c[nH]c2ccccc12)c1cc(-c2ccc(Cl)cc2)nc2ccccc12. The fourth-order valence-electron chi connectivity index (χ4n) is 4.12. The Kier molecular flexibility index (Phi) is 5.82. The molecule has 33 heavy (non-hydrogen) atoms. The van der Waals surface area contributed by atoms with Gasteiger partial charge in [-0.2, -0.15) is 0 Å². The lowest BCUT2D eigenvalue weighted by Gasteiger charge is -2.17. The lowest BCUT2D eigenvalue weighted by Crippen LogP contribution is -2.39. The number of halogens is 1. The van der Waals surface area contributed by atoms with Crippen LogP contribution in [-0.4, -0.2) is 33.6 Å². The van der Waals surface area contributed by atoms with Crippen LogP contribution in [0.4, 0.5) is 0 Å². The van der Waals surface area contributed by atoms with E-state index in [1.165, 1.54) is 0 Å². The number of nitrogens with one attached hydrogen (secondary N) is 2. The minimum absolute atomic E-state index is 0.168. The van der Waals surface area contributed by atoms with Crippen LogP contribution >= 0.6 is 11.6 Å². The van der Waals surface area contributed by atoms with Gasteiger partial charge in [0.15, 0.2) is 0 Å². The molecule has 0 fully saturated rings. The monoisotopic (exact) mass is 455 g/mol. The number of aromatic amines is 1. The van der Waals surface area contributed by atoms with Crippen molar-refractivity contribution in [3.63, 3.8) is 0 Å². The number of H-pyrrole nitrogens is 1. The molecule has 5 nitrogen and oxygen atoms in total. The first-order chi connectivity index (χ1) is 16.1. The van der Waals surface area contributed by atoms with Gasteiger partial charge in [0.2, 0.25) is 0 Å². The number of nitrogens with zero attached hydrogens (tertiary/aromatic N) is 1. The zero-order valence-electron chi connectivity index (χ0n) is 17.8. The summed E-state index contributed by atoms with van der Waals surface area (Å²) in [6.45, 7) is -0.168. The van der Waals surface area contributed by atoms with Crippen LogP contribution < -0.4 is 5.32 Å². The van der Waals surface area contributed by atoms with Crippen LogP contribution in [0.5, 0.6) is 0 Å². The molecule has 0 radical (unpaired) electrons. The first-order valence-electron chi connectivity index (χ1n) is 10.7. The molecule has 0 aliphatic heterocycles. The van der Waals surface area contributed by atoms with Gasteiger partial charge in [-0.1, -0.05) is 60.1 Å². The van der Waals surface area contributed by atoms with E-state index >= 15 is 0 Å². The second-order valence-corrected chi connectivity index (χ2v) is 8.43. The topological polar surface area (TPSA) is 78.0 Å². The number of rotatable bonds is 6. The zero-order chi connectivity index (χ0) is 22.8. The molecular formula is C27H22ClN3O2. The number of aliphatic hydroxyl groups is 1. The summed E-state index contributed by atoms with van der Waals surface area (Å²) in [6, 6.07) is 24.3. The van der Waals surface area contributed by atoms with E-state index in [2.05, 4.69) is 10.3 Å². The number of hydrogen-bond acceptors (Lipinski definition) is 3. The van der Waals surface area contributed by atoms with Crippen molar-refractivity contribution in [2.24, 2.45) is 0 Å². The summed E-state index contributed by atoms with van der Waals surface area (Å²) in [5, 5.41) is 15.5. The highest BCUT2D eigenvalue weighted by Gasteiger charge is 2.19. The number of benzene rings is 3. The molecule has 3 aromatic carbocycles. The van der Waals surface area contributed by atoms with E-state index in [1.807, 2.05) is 66.9 Å². The Bertz CT molecular complexity index is 1440. The van der Waals surface area contributed by atoms with Crippen molar-refractivity contribution in [1.82, 2.24) is 15.3 Å². The van der Waals surface area contributed by atoms with Crippen LogP contribution in [0.2, 0.25) is 5.02 Å². The van der Waals surface area contributed by atoms with Crippen molar-refractivity contribution < 1.29 is 9.90 Å². The van der Waals surface area contributed by atoms with Gasteiger partial charge in [0, 0.05) is 33.1 Å². The van der Waals surface area contributed by atoms with Crippen LogP contribution in [-0.2, 0) is 6.42 Å².